The number of rotatable bonds is 6. The first-order chi connectivity index (χ1) is 9.76. The van der Waals surface area contributed by atoms with Crippen LogP contribution < -0.4 is 15.4 Å². The summed E-state index contributed by atoms with van der Waals surface area (Å²) in [6.07, 6.45) is 4.48. The predicted molar refractivity (Wildman–Crippen MR) is 80.4 cm³/mol. The molecule has 0 spiro atoms. The molecule has 0 unspecified atom stereocenters. The van der Waals surface area contributed by atoms with E-state index in [2.05, 4.69) is 9.97 Å². The largest absolute Gasteiger partial charge is 0.495 e. The number of para-hydroxylation sites is 2. The zero-order chi connectivity index (χ0) is 14.4. The fourth-order valence-electron chi connectivity index (χ4n) is 1.96. The first-order valence-electron chi connectivity index (χ1n) is 6.65. The Morgan fingerprint density at radius 2 is 1.90 bits per heavy atom. The summed E-state index contributed by atoms with van der Waals surface area (Å²) in [4.78, 5) is 10.8. The highest BCUT2D eigenvalue weighted by atomic mass is 16.5. The number of nitrogens with two attached hydrogens (primary N) is 1. The number of hydrogen-bond acceptors (Lipinski definition) is 5. The molecule has 5 heteroatoms. The highest BCUT2D eigenvalue weighted by molar-refractivity contribution is 5.65. The van der Waals surface area contributed by atoms with Crippen LogP contribution in [-0.2, 0) is 0 Å². The first kappa shape index (κ1) is 14.3. The van der Waals surface area contributed by atoms with Crippen LogP contribution in [0.25, 0.3) is 0 Å². The third-order valence-corrected chi connectivity index (χ3v) is 2.97. The van der Waals surface area contributed by atoms with Gasteiger partial charge in [-0.3, -0.25) is 0 Å². The van der Waals surface area contributed by atoms with E-state index >= 15 is 0 Å². The summed E-state index contributed by atoms with van der Waals surface area (Å²) in [5.74, 6) is 1.46. The Labute approximate surface area is 119 Å². The fraction of sp³-hybridized carbons (Fsp3) is 0.333. The fourth-order valence-corrected chi connectivity index (χ4v) is 1.96. The summed E-state index contributed by atoms with van der Waals surface area (Å²) >= 11 is 0. The third-order valence-electron chi connectivity index (χ3n) is 2.97. The van der Waals surface area contributed by atoms with Gasteiger partial charge in [0, 0.05) is 18.9 Å². The molecule has 2 N–H and O–H groups in total. The second kappa shape index (κ2) is 6.86. The van der Waals surface area contributed by atoms with Gasteiger partial charge >= 0.3 is 0 Å². The minimum Gasteiger partial charge on any atom is -0.495 e. The number of ether oxygens (including phenoxy) is 1. The van der Waals surface area contributed by atoms with E-state index < -0.39 is 0 Å². The molecule has 0 aliphatic rings. The first-order valence-corrected chi connectivity index (χ1v) is 6.65. The van der Waals surface area contributed by atoms with E-state index in [1.807, 2.05) is 48.5 Å². The lowest BCUT2D eigenvalue weighted by Gasteiger charge is -2.24. The minimum absolute atomic E-state index is 0.623. The van der Waals surface area contributed by atoms with Crippen molar-refractivity contribution in [3.05, 3.63) is 42.2 Å². The van der Waals surface area contributed by atoms with Crippen molar-refractivity contribution in [2.45, 2.75) is 13.3 Å². The molecule has 2 aromatic rings. The summed E-state index contributed by atoms with van der Waals surface area (Å²) in [6.45, 7) is 3.34. The number of anilines is 2. The molecule has 2 rings (SSSR count). The van der Waals surface area contributed by atoms with Gasteiger partial charge in [0.05, 0.1) is 12.8 Å². The van der Waals surface area contributed by atoms with E-state index in [0.717, 1.165) is 30.0 Å². The second-order valence-corrected chi connectivity index (χ2v) is 4.53. The van der Waals surface area contributed by atoms with Gasteiger partial charge in [-0.05, 0) is 37.6 Å². The van der Waals surface area contributed by atoms with Crippen molar-refractivity contribution in [3.63, 3.8) is 0 Å². The van der Waals surface area contributed by atoms with E-state index in [1.54, 1.807) is 7.11 Å². The Kier molecular flexibility index (Phi) is 4.90. The van der Waals surface area contributed by atoms with Gasteiger partial charge in [-0.15, -0.1) is 0 Å². The molecule has 20 heavy (non-hydrogen) atoms. The van der Waals surface area contributed by atoms with E-state index in [4.69, 9.17) is 10.5 Å². The van der Waals surface area contributed by atoms with E-state index in [-0.39, 0.29) is 0 Å². The summed E-state index contributed by atoms with van der Waals surface area (Å²) in [5, 5.41) is 0. The number of methoxy groups -OCH3 is 1. The van der Waals surface area contributed by atoms with Crippen LogP contribution in [0.2, 0.25) is 0 Å². The molecule has 1 heterocycles. The smallest absolute Gasteiger partial charge is 0.229 e. The normalized spacial score (nSPS) is 10.3. The molecular formula is C15H20N4O. The highest BCUT2D eigenvalue weighted by Crippen LogP contribution is 2.31. The average molecular weight is 272 g/mol. The molecule has 0 radical (unpaired) electrons. The number of nitrogens with zero attached hydrogens (tertiary/aromatic N) is 3. The molecule has 0 atom stereocenters. The van der Waals surface area contributed by atoms with Crippen LogP contribution >= 0.6 is 0 Å². The molecule has 0 fully saturated rings. The average Bonchev–Trinajstić information content (AvgIpc) is 2.50. The van der Waals surface area contributed by atoms with Crippen LogP contribution in [0.4, 0.5) is 11.6 Å². The van der Waals surface area contributed by atoms with Crippen LogP contribution in [0, 0.1) is 6.92 Å². The van der Waals surface area contributed by atoms with Crippen LogP contribution in [0.1, 0.15) is 12.0 Å². The molecule has 1 aromatic carbocycles. The van der Waals surface area contributed by atoms with Gasteiger partial charge < -0.3 is 15.4 Å². The number of hydrogen-bond donors (Lipinski definition) is 1. The van der Waals surface area contributed by atoms with Gasteiger partial charge in [-0.25, -0.2) is 9.97 Å². The van der Waals surface area contributed by atoms with Crippen LogP contribution in [0.3, 0.4) is 0 Å². The van der Waals surface area contributed by atoms with Crippen molar-refractivity contribution in [3.8, 4) is 5.75 Å². The molecule has 1 aromatic heterocycles. The molecule has 0 amide bonds. The van der Waals surface area contributed by atoms with Gasteiger partial charge in [-0.1, -0.05) is 12.1 Å². The third kappa shape index (κ3) is 3.24. The van der Waals surface area contributed by atoms with E-state index in [0.29, 0.717) is 12.5 Å². The Bertz CT molecular complexity index is 542. The maximum atomic E-state index is 5.63. The lowest BCUT2D eigenvalue weighted by Crippen LogP contribution is -2.23. The van der Waals surface area contributed by atoms with Crippen LogP contribution in [-0.4, -0.2) is 30.2 Å². The molecule has 0 saturated heterocycles. The van der Waals surface area contributed by atoms with Gasteiger partial charge in [-0.2, -0.15) is 0 Å². The zero-order valence-electron chi connectivity index (χ0n) is 11.9. The monoisotopic (exact) mass is 272 g/mol. The molecule has 5 nitrogen and oxygen atoms in total. The topological polar surface area (TPSA) is 64.3 Å². The lowest BCUT2D eigenvalue weighted by molar-refractivity contribution is 0.415. The van der Waals surface area contributed by atoms with Crippen LogP contribution in [0.15, 0.2) is 36.7 Å². The number of aryl methyl sites for hydroxylation is 1. The highest BCUT2D eigenvalue weighted by Gasteiger charge is 2.15. The number of benzene rings is 1. The zero-order valence-corrected chi connectivity index (χ0v) is 11.9. The lowest BCUT2D eigenvalue weighted by atomic mass is 10.2. The molecule has 0 saturated carbocycles. The maximum Gasteiger partial charge on any atom is 0.229 e. The standard InChI is InChI=1S/C15H20N4O/c1-12-10-17-15(18-11-12)19(9-5-8-16)13-6-3-4-7-14(13)20-2/h3-4,6-7,10-11H,5,8-9,16H2,1-2H3. The molecular weight excluding hydrogens is 252 g/mol. The molecule has 0 aliphatic heterocycles. The summed E-state index contributed by atoms with van der Waals surface area (Å²) < 4.78 is 5.42. The van der Waals surface area contributed by atoms with Crippen molar-refractivity contribution < 1.29 is 4.74 Å². The predicted octanol–water partition coefficient (Wildman–Crippen LogP) is 2.28. The quantitative estimate of drug-likeness (QED) is 0.874. The Hall–Kier alpha value is -2.14. The second-order valence-electron chi connectivity index (χ2n) is 4.53. The summed E-state index contributed by atoms with van der Waals surface area (Å²) in [5.41, 5.74) is 7.61. The van der Waals surface area contributed by atoms with Crippen molar-refractivity contribution in [2.24, 2.45) is 5.73 Å². The van der Waals surface area contributed by atoms with E-state index in [1.165, 1.54) is 0 Å². The Balaban J connectivity index is 2.38. The van der Waals surface area contributed by atoms with Crippen molar-refractivity contribution >= 4 is 11.6 Å². The van der Waals surface area contributed by atoms with Gasteiger partial charge in [0.1, 0.15) is 5.75 Å². The van der Waals surface area contributed by atoms with Crippen molar-refractivity contribution in [2.75, 3.05) is 25.1 Å². The van der Waals surface area contributed by atoms with Gasteiger partial charge in [0.15, 0.2) is 0 Å². The molecule has 0 bridgehead atoms. The molecule has 106 valence electrons. The summed E-state index contributed by atoms with van der Waals surface area (Å²) in [7, 11) is 1.66. The maximum absolute atomic E-state index is 5.63. The number of aromatic nitrogens is 2. The summed E-state index contributed by atoms with van der Waals surface area (Å²) in [6, 6.07) is 7.85. The van der Waals surface area contributed by atoms with Crippen molar-refractivity contribution in [1.29, 1.82) is 0 Å². The Morgan fingerprint density at radius 3 is 2.55 bits per heavy atom. The van der Waals surface area contributed by atoms with Crippen molar-refractivity contribution in [1.82, 2.24) is 9.97 Å². The van der Waals surface area contributed by atoms with E-state index in [9.17, 15) is 0 Å². The van der Waals surface area contributed by atoms with Gasteiger partial charge in [0.2, 0.25) is 5.95 Å². The SMILES string of the molecule is COc1ccccc1N(CCCN)c1ncc(C)cn1. The Morgan fingerprint density at radius 1 is 1.20 bits per heavy atom. The minimum atomic E-state index is 0.623. The molecule has 0 aliphatic carbocycles. The van der Waals surface area contributed by atoms with Crippen LogP contribution in [0.5, 0.6) is 5.75 Å². The van der Waals surface area contributed by atoms with Gasteiger partial charge in [0.25, 0.3) is 0 Å².